The Balaban J connectivity index is 1.13. The van der Waals surface area contributed by atoms with E-state index in [0.29, 0.717) is 18.7 Å². The molecule has 32 heavy (non-hydrogen) atoms. The van der Waals surface area contributed by atoms with E-state index in [1.54, 1.807) is 4.90 Å². The number of ether oxygens (including phenoxy) is 3. The SMILES string of the molecule is O=C(OCC1O[C@H]2CC/C=C\CC[C@H]2O1)N1CC2CCC(C1)N2C(=O)c1ccc(F)nc1. The molecule has 1 aliphatic carbocycles. The van der Waals surface area contributed by atoms with Gasteiger partial charge in [0.25, 0.3) is 5.91 Å². The lowest BCUT2D eigenvalue weighted by Crippen LogP contribution is -2.57. The number of allylic oxidation sites excluding steroid dienone is 2. The third kappa shape index (κ3) is 4.36. The van der Waals surface area contributed by atoms with Crippen LogP contribution in [0.1, 0.15) is 48.9 Å². The quantitative estimate of drug-likeness (QED) is 0.526. The monoisotopic (exact) mass is 445 g/mol. The summed E-state index contributed by atoms with van der Waals surface area (Å²) in [6.45, 7) is 0.896. The van der Waals surface area contributed by atoms with Crippen LogP contribution in [0.25, 0.3) is 0 Å². The van der Waals surface area contributed by atoms with Crippen molar-refractivity contribution < 1.29 is 28.2 Å². The molecule has 2 amide bonds. The number of carbonyl (C=O) groups is 2. The van der Waals surface area contributed by atoms with Gasteiger partial charge < -0.3 is 24.0 Å². The summed E-state index contributed by atoms with van der Waals surface area (Å²) < 4.78 is 30.5. The zero-order chi connectivity index (χ0) is 22.1. The van der Waals surface area contributed by atoms with Gasteiger partial charge in [0.2, 0.25) is 5.95 Å². The Morgan fingerprint density at radius 3 is 2.28 bits per heavy atom. The van der Waals surface area contributed by atoms with Crippen LogP contribution in [0.2, 0.25) is 0 Å². The average Bonchev–Trinajstić information content (AvgIpc) is 3.28. The van der Waals surface area contributed by atoms with Crippen molar-refractivity contribution in [3.8, 4) is 0 Å². The van der Waals surface area contributed by atoms with E-state index in [1.165, 1.54) is 18.3 Å². The maximum atomic E-state index is 13.1. The van der Waals surface area contributed by atoms with E-state index >= 15 is 0 Å². The van der Waals surface area contributed by atoms with Crippen molar-refractivity contribution in [1.82, 2.24) is 14.8 Å². The van der Waals surface area contributed by atoms with Gasteiger partial charge in [0.15, 0.2) is 6.29 Å². The van der Waals surface area contributed by atoms with Crippen LogP contribution in [0.5, 0.6) is 0 Å². The Morgan fingerprint density at radius 1 is 1.03 bits per heavy atom. The molecule has 0 saturated carbocycles. The van der Waals surface area contributed by atoms with Crippen LogP contribution in [0.3, 0.4) is 0 Å². The van der Waals surface area contributed by atoms with E-state index in [2.05, 4.69) is 17.1 Å². The van der Waals surface area contributed by atoms with E-state index in [9.17, 15) is 14.0 Å². The first-order valence-corrected chi connectivity index (χ1v) is 11.4. The standard InChI is InChI=1S/C23H28FN3O5/c24-20-10-7-15(11-25-20)22(28)27-16-8-9-17(27)13-26(12-16)23(29)30-14-21-31-18-5-3-1-2-4-6-19(18)32-21/h1-2,7,10-11,16-19,21H,3-6,8-9,12-14H2/b2-1-/t16?,17?,18-,19+,21?. The first-order valence-electron chi connectivity index (χ1n) is 11.4. The average molecular weight is 445 g/mol. The summed E-state index contributed by atoms with van der Waals surface area (Å²) in [5.41, 5.74) is 0.359. The molecule has 1 aromatic rings. The molecule has 172 valence electrons. The zero-order valence-electron chi connectivity index (χ0n) is 17.9. The molecule has 9 heteroatoms. The normalized spacial score (nSPS) is 32.7. The predicted molar refractivity (Wildman–Crippen MR) is 111 cm³/mol. The van der Waals surface area contributed by atoms with Crippen molar-refractivity contribution in [2.24, 2.45) is 0 Å². The number of rotatable bonds is 3. The van der Waals surface area contributed by atoms with Gasteiger partial charge in [0, 0.05) is 19.3 Å². The van der Waals surface area contributed by atoms with Crippen LogP contribution in [-0.2, 0) is 14.2 Å². The summed E-state index contributed by atoms with van der Waals surface area (Å²) in [5, 5.41) is 0. The molecule has 8 nitrogen and oxygen atoms in total. The molecule has 4 aliphatic rings. The number of pyridine rings is 1. The Kier molecular flexibility index (Phi) is 6.10. The number of likely N-dealkylation sites (tertiary alicyclic amines) is 1. The number of carbonyl (C=O) groups excluding carboxylic acids is 2. The lowest BCUT2D eigenvalue weighted by atomic mass is 10.0. The number of fused-ring (bicyclic) bond motifs is 3. The van der Waals surface area contributed by atoms with Gasteiger partial charge in [-0.25, -0.2) is 9.78 Å². The third-order valence-corrected chi connectivity index (χ3v) is 6.76. The highest BCUT2D eigenvalue weighted by Gasteiger charge is 2.45. The Hall–Kier alpha value is -2.52. The van der Waals surface area contributed by atoms with Gasteiger partial charge in [0.1, 0.15) is 6.61 Å². The molecule has 0 spiro atoms. The first-order chi connectivity index (χ1) is 15.6. The number of hydrogen-bond acceptors (Lipinski definition) is 6. The Bertz CT molecular complexity index is 847. The summed E-state index contributed by atoms with van der Waals surface area (Å²) >= 11 is 0. The van der Waals surface area contributed by atoms with Crippen LogP contribution < -0.4 is 0 Å². The minimum Gasteiger partial charge on any atom is -0.444 e. The van der Waals surface area contributed by atoms with Gasteiger partial charge in [-0.15, -0.1) is 0 Å². The fourth-order valence-electron chi connectivity index (χ4n) is 5.21. The molecule has 3 saturated heterocycles. The number of hydrogen-bond donors (Lipinski definition) is 0. The van der Waals surface area contributed by atoms with Crippen molar-refractivity contribution >= 4 is 12.0 Å². The van der Waals surface area contributed by atoms with Crippen molar-refractivity contribution in [1.29, 1.82) is 0 Å². The van der Waals surface area contributed by atoms with Crippen LogP contribution >= 0.6 is 0 Å². The van der Waals surface area contributed by atoms with Gasteiger partial charge in [-0.1, -0.05) is 12.2 Å². The third-order valence-electron chi connectivity index (χ3n) is 6.76. The number of amides is 2. The lowest BCUT2D eigenvalue weighted by Gasteiger charge is -2.40. The predicted octanol–water partition coefficient (Wildman–Crippen LogP) is 2.89. The molecule has 2 bridgehead atoms. The molecule has 5 atom stereocenters. The summed E-state index contributed by atoms with van der Waals surface area (Å²) in [6.07, 6.45) is 10.2. The van der Waals surface area contributed by atoms with Crippen LogP contribution in [-0.4, -0.2) is 77.1 Å². The highest BCUT2D eigenvalue weighted by Crippen LogP contribution is 2.32. The van der Waals surface area contributed by atoms with Gasteiger partial charge in [-0.05, 0) is 50.7 Å². The van der Waals surface area contributed by atoms with Crippen LogP contribution in [0.4, 0.5) is 9.18 Å². The second-order valence-corrected chi connectivity index (χ2v) is 8.85. The van der Waals surface area contributed by atoms with E-state index in [-0.39, 0.29) is 36.8 Å². The summed E-state index contributed by atoms with van der Waals surface area (Å²) in [7, 11) is 0. The summed E-state index contributed by atoms with van der Waals surface area (Å²) in [4.78, 5) is 32.7. The molecular weight excluding hydrogens is 417 g/mol. The van der Waals surface area contributed by atoms with E-state index < -0.39 is 18.3 Å². The molecule has 3 unspecified atom stereocenters. The number of piperazine rings is 1. The highest BCUT2D eigenvalue weighted by molar-refractivity contribution is 5.94. The number of aromatic nitrogens is 1. The fraction of sp³-hybridized carbons (Fsp3) is 0.609. The molecule has 0 radical (unpaired) electrons. The molecule has 4 heterocycles. The van der Waals surface area contributed by atoms with Crippen LogP contribution in [0, 0.1) is 5.95 Å². The largest absolute Gasteiger partial charge is 0.444 e. The van der Waals surface area contributed by atoms with Crippen molar-refractivity contribution in [3.63, 3.8) is 0 Å². The fourth-order valence-corrected chi connectivity index (χ4v) is 5.21. The zero-order valence-corrected chi connectivity index (χ0v) is 17.9. The molecule has 3 aliphatic heterocycles. The van der Waals surface area contributed by atoms with Crippen molar-refractivity contribution in [3.05, 3.63) is 42.0 Å². The maximum absolute atomic E-state index is 13.1. The molecular formula is C23H28FN3O5. The summed E-state index contributed by atoms with van der Waals surface area (Å²) in [6, 6.07) is 2.47. The van der Waals surface area contributed by atoms with Gasteiger partial charge in [-0.3, -0.25) is 4.79 Å². The number of halogens is 1. The number of nitrogens with zero attached hydrogens (tertiary/aromatic N) is 3. The van der Waals surface area contributed by atoms with Gasteiger partial charge in [0.05, 0.1) is 29.9 Å². The van der Waals surface area contributed by atoms with Gasteiger partial charge in [-0.2, -0.15) is 4.39 Å². The Morgan fingerprint density at radius 2 is 1.69 bits per heavy atom. The van der Waals surface area contributed by atoms with E-state index in [0.717, 1.165) is 38.5 Å². The highest BCUT2D eigenvalue weighted by atomic mass is 19.1. The van der Waals surface area contributed by atoms with Crippen LogP contribution in [0.15, 0.2) is 30.5 Å². The van der Waals surface area contributed by atoms with E-state index in [1.807, 2.05) is 4.90 Å². The van der Waals surface area contributed by atoms with Crippen molar-refractivity contribution in [2.45, 2.75) is 69.1 Å². The summed E-state index contributed by atoms with van der Waals surface area (Å²) in [5.74, 6) is -0.788. The molecule has 0 N–H and O–H groups in total. The minimum atomic E-state index is -0.616. The topological polar surface area (TPSA) is 81.2 Å². The van der Waals surface area contributed by atoms with E-state index in [4.69, 9.17) is 14.2 Å². The smallest absolute Gasteiger partial charge is 0.410 e. The molecule has 3 fully saturated rings. The second kappa shape index (κ2) is 9.15. The molecule has 1 aromatic heterocycles. The Labute approximate surface area is 186 Å². The lowest BCUT2D eigenvalue weighted by molar-refractivity contribution is -0.102. The van der Waals surface area contributed by atoms with Crippen molar-refractivity contribution in [2.75, 3.05) is 19.7 Å². The minimum absolute atomic E-state index is 0.0509. The molecule has 0 aromatic carbocycles. The second-order valence-electron chi connectivity index (χ2n) is 8.85. The molecule has 5 rings (SSSR count). The maximum Gasteiger partial charge on any atom is 0.410 e. The first kappa shape index (κ1) is 21.3. The van der Waals surface area contributed by atoms with Gasteiger partial charge >= 0.3 is 6.09 Å².